The molecule has 0 saturated heterocycles. The minimum atomic E-state index is -0.522. The highest BCUT2D eigenvalue weighted by Gasteiger charge is 2.17. The summed E-state index contributed by atoms with van der Waals surface area (Å²) in [4.78, 5) is 18.0. The predicted octanol–water partition coefficient (Wildman–Crippen LogP) is 1.69. The van der Waals surface area contributed by atoms with Crippen LogP contribution in [0.3, 0.4) is 0 Å². The summed E-state index contributed by atoms with van der Waals surface area (Å²) in [5, 5.41) is 20.0. The van der Waals surface area contributed by atoms with E-state index in [2.05, 4.69) is 9.97 Å². The van der Waals surface area contributed by atoms with Gasteiger partial charge in [-0.15, -0.1) is 0 Å². The Morgan fingerprint density at radius 1 is 1.30 bits per heavy atom. The summed E-state index contributed by atoms with van der Waals surface area (Å²) in [5.41, 5.74) is 11.6. The molecule has 0 atom stereocenters. The quantitative estimate of drug-likeness (QED) is 0.457. The molecule has 0 aliphatic heterocycles. The van der Waals surface area contributed by atoms with Gasteiger partial charge in [-0.1, -0.05) is 0 Å². The molecule has 0 aliphatic carbocycles. The topological polar surface area (TPSA) is 145 Å². The highest BCUT2D eigenvalue weighted by molar-refractivity contribution is 14.1. The van der Waals surface area contributed by atoms with Gasteiger partial charge in [0.2, 0.25) is 5.95 Å². The van der Waals surface area contributed by atoms with Crippen LogP contribution in [0.15, 0.2) is 18.2 Å². The largest absolute Gasteiger partial charge is 0.382 e. The third-order valence-corrected chi connectivity index (χ3v) is 3.06. The number of hydrogen-bond acceptors (Lipinski definition) is 7. The molecular weight excluding hydrogens is 375 g/mol. The first-order chi connectivity index (χ1) is 9.42. The fourth-order valence-electron chi connectivity index (χ4n) is 1.63. The highest BCUT2D eigenvalue weighted by Crippen LogP contribution is 2.29. The Balaban J connectivity index is 2.75. The van der Waals surface area contributed by atoms with Crippen molar-refractivity contribution in [2.75, 3.05) is 11.5 Å². The van der Waals surface area contributed by atoms with Gasteiger partial charge in [-0.05, 0) is 28.7 Å². The van der Waals surface area contributed by atoms with E-state index < -0.39 is 4.92 Å². The number of benzene rings is 1. The second kappa shape index (κ2) is 5.25. The number of non-ortho nitro benzene ring substituents is 1. The van der Waals surface area contributed by atoms with Gasteiger partial charge in [0, 0.05) is 21.3 Å². The lowest BCUT2D eigenvalue weighted by Gasteiger charge is -2.07. The van der Waals surface area contributed by atoms with E-state index in [0.717, 1.165) is 0 Å². The first-order valence-electron chi connectivity index (χ1n) is 5.21. The Kier molecular flexibility index (Phi) is 3.66. The second-order valence-corrected chi connectivity index (χ2v) is 5.00. The first-order valence-corrected chi connectivity index (χ1v) is 6.28. The van der Waals surface area contributed by atoms with E-state index in [-0.39, 0.29) is 28.7 Å². The molecule has 0 aliphatic rings. The Morgan fingerprint density at radius 2 is 2.00 bits per heavy atom. The molecule has 1 heterocycles. The smallest absolute Gasteiger partial charge is 0.271 e. The van der Waals surface area contributed by atoms with Crippen molar-refractivity contribution in [2.24, 2.45) is 0 Å². The average molecular weight is 382 g/mol. The molecule has 2 rings (SSSR count). The maximum absolute atomic E-state index is 10.9. The summed E-state index contributed by atoms with van der Waals surface area (Å²) in [5.74, 6) is -0.158. The lowest BCUT2D eigenvalue weighted by molar-refractivity contribution is -0.384. The minimum absolute atomic E-state index is 0.0375. The van der Waals surface area contributed by atoms with Gasteiger partial charge in [0.15, 0.2) is 0 Å². The third kappa shape index (κ3) is 2.59. The number of nitrogens with two attached hydrogens (primary N) is 2. The number of anilines is 2. The number of halogens is 1. The van der Waals surface area contributed by atoms with Crippen molar-refractivity contribution in [2.45, 2.75) is 0 Å². The van der Waals surface area contributed by atoms with Crippen LogP contribution in [0.4, 0.5) is 17.5 Å². The first kappa shape index (κ1) is 13.9. The van der Waals surface area contributed by atoms with Gasteiger partial charge in [0.25, 0.3) is 5.69 Å². The van der Waals surface area contributed by atoms with E-state index in [1.807, 2.05) is 28.7 Å². The van der Waals surface area contributed by atoms with E-state index in [1.165, 1.54) is 12.1 Å². The monoisotopic (exact) mass is 382 g/mol. The van der Waals surface area contributed by atoms with Crippen molar-refractivity contribution in [3.05, 3.63) is 37.4 Å². The predicted molar refractivity (Wildman–Crippen MR) is 80.4 cm³/mol. The van der Waals surface area contributed by atoms with Crippen LogP contribution in [0.2, 0.25) is 0 Å². The van der Waals surface area contributed by atoms with Crippen LogP contribution in [0, 0.1) is 25.0 Å². The van der Waals surface area contributed by atoms with Gasteiger partial charge in [0.05, 0.1) is 10.6 Å². The number of nitriles is 1. The van der Waals surface area contributed by atoms with Crippen LogP contribution >= 0.6 is 22.6 Å². The Hall–Kier alpha value is -2.48. The number of nitrogens with zero attached hydrogens (tertiary/aromatic N) is 4. The summed E-state index contributed by atoms with van der Waals surface area (Å²) in [6.07, 6.45) is 0. The number of nitro benzene ring substituents is 1. The molecule has 100 valence electrons. The average Bonchev–Trinajstić information content (AvgIpc) is 2.37. The van der Waals surface area contributed by atoms with E-state index >= 15 is 0 Å². The summed E-state index contributed by atoms with van der Waals surface area (Å²) < 4.78 is 0.631. The van der Waals surface area contributed by atoms with E-state index in [9.17, 15) is 10.1 Å². The molecular formula is C11H7IN6O2. The summed E-state index contributed by atoms with van der Waals surface area (Å²) in [7, 11) is 0. The van der Waals surface area contributed by atoms with Crippen LogP contribution < -0.4 is 11.5 Å². The van der Waals surface area contributed by atoms with Gasteiger partial charge in [-0.3, -0.25) is 10.1 Å². The molecule has 0 unspecified atom stereocenters. The Bertz CT molecular complexity index is 755. The summed E-state index contributed by atoms with van der Waals surface area (Å²) >= 11 is 1.94. The van der Waals surface area contributed by atoms with Gasteiger partial charge in [0.1, 0.15) is 17.5 Å². The van der Waals surface area contributed by atoms with Crippen LogP contribution in [0.1, 0.15) is 5.56 Å². The third-order valence-electron chi connectivity index (χ3n) is 2.43. The molecule has 0 bridgehead atoms. The molecule has 0 fully saturated rings. The normalized spacial score (nSPS) is 10.0. The van der Waals surface area contributed by atoms with Crippen LogP contribution in [-0.4, -0.2) is 14.9 Å². The summed E-state index contributed by atoms with van der Waals surface area (Å²) in [6.45, 7) is 0. The molecule has 0 amide bonds. The van der Waals surface area contributed by atoms with Crippen LogP contribution in [-0.2, 0) is 0 Å². The maximum atomic E-state index is 10.9. The molecule has 2 aromatic rings. The van der Waals surface area contributed by atoms with Gasteiger partial charge < -0.3 is 11.5 Å². The minimum Gasteiger partial charge on any atom is -0.382 e. The number of nitrogen functional groups attached to an aromatic ring is 2. The van der Waals surface area contributed by atoms with Crippen molar-refractivity contribution < 1.29 is 4.92 Å². The number of nitro groups is 1. The van der Waals surface area contributed by atoms with Crippen LogP contribution in [0.25, 0.3) is 11.3 Å². The lowest BCUT2D eigenvalue weighted by Crippen LogP contribution is -2.05. The van der Waals surface area contributed by atoms with Crippen molar-refractivity contribution in [1.29, 1.82) is 5.26 Å². The fraction of sp³-hybridized carbons (Fsp3) is 0. The standard InChI is InChI=1S/C11H7IN6O2/c12-6-1-5(2-7(3-6)18(19)20)9-8(4-13)10(14)17-11(15)16-9/h1-3H,(H4,14,15,16,17). The van der Waals surface area contributed by atoms with Crippen molar-refractivity contribution in [1.82, 2.24) is 9.97 Å². The number of rotatable bonds is 2. The zero-order valence-electron chi connectivity index (χ0n) is 9.87. The van der Waals surface area contributed by atoms with E-state index in [0.29, 0.717) is 9.13 Å². The molecule has 0 radical (unpaired) electrons. The molecule has 0 saturated carbocycles. The zero-order chi connectivity index (χ0) is 14.9. The molecule has 1 aromatic carbocycles. The van der Waals surface area contributed by atoms with E-state index in [1.54, 1.807) is 6.07 Å². The Morgan fingerprint density at radius 3 is 2.60 bits per heavy atom. The van der Waals surface area contributed by atoms with Crippen molar-refractivity contribution in [3.8, 4) is 17.3 Å². The number of hydrogen-bond donors (Lipinski definition) is 2. The molecule has 4 N–H and O–H groups in total. The van der Waals surface area contributed by atoms with Crippen molar-refractivity contribution >= 4 is 40.0 Å². The van der Waals surface area contributed by atoms with Gasteiger partial charge >= 0.3 is 0 Å². The van der Waals surface area contributed by atoms with Gasteiger partial charge in [-0.25, -0.2) is 4.98 Å². The SMILES string of the molecule is N#Cc1c(N)nc(N)nc1-c1cc(I)cc([N+](=O)[O-])c1. The molecule has 8 nitrogen and oxygen atoms in total. The molecule has 1 aromatic heterocycles. The highest BCUT2D eigenvalue weighted by atomic mass is 127. The Labute approximate surface area is 126 Å². The van der Waals surface area contributed by atoms with Crippen LogP contribution in [0.5, 0.6) is 0 Å². The maximum Gasteiger partial charge on any atom is 0.271 e. The lowest BCUT2D eigenvalue weighted by atomic mass is 10.1. The van der Waals surface area contributed by atoms with Crippen molar-refractivity contribution in [3.63, 3.8) is 0 Å². The molecule has 0 spiro atoms. The fourth-order valence-corrected chi connectivity index (χ4v) is 2.29. The molecule has 20 heavy (non-hydrogen) atoms. The van der Waals surface area contributed by atoms with E-state index in [4.69, 9.17) is 16.7 Å². The second-order valence-electron chi connectivity index (χ2n) is 3.76. The summed E-state index contributed by atoms with van der Waals surface area (Å²) in [6, 6.07) is 6.24. The van der Waals surface area contributed by atoms with Gasteiger partial charge in [-0.2, -0.15) is 10.2 Å². The molecule has 9 heteroatoms. The zero-order valence-corrected chi connectivity index (χ0v) is 12.0. The number of aromatic nitrogens is 2.